The first kappa shape index (κ1) is 19.2. The van der Waals surface area contributed by atoms with Gasteiger partial charge in [0.15, 0.2) is 0 Å². The largest absolute Gasteiger partial charge is 0.320 e. The fraction of sp³-hybridized carbons (Fsp3) is 0.294. The van der Waals surface area contributed by atoms with Crippen LogP contribution < -0.4 is 5.32 Å². The Bertz CT molecular complexity index is 954. The molecule has 1 aromatic carbocycles. The number of amides is 2. The van der Waals surface area contributed by atoms with Crippen molar-refractivity contribution in [1.29, 1.82) is 0 Å². The average Bonchev–Trinajstić information content (AvgIpc) is 3.14. The lowest BCUT2D eigenvalue weighted by molar-refractivity contribution is -0.384. The van der Waals surface area contributed by atoms with E-state index in [-0.39, 0.29) is 23.7 Å². The van der Waals surface area contributed by atoms with Crippen molar-refractivity contribution in [2.75, 3.05) is 5.32 Å². The van der Waals surface area contributed by atoms with Crippen LogP contribution in [0.25, 0.3) is 0 Å². The van der Waals surface area contributed by atoms with Gasteiger partial charge in [-0.05, 0) is 25.5 Å². The molecule has 0 aliphatic carbocycles. The number of anilines is 1. The summed E-state index contributed by atoms with van der Waals surface area (Å²) in [6.45, 7) is 3.63. The molecule has 1 aliphatic rings. The van der Waals surface area contributed by atoms with E-state index in [0.29, 0.717) is 11.5 Å². The number of nitrogens with zero attached hydrogens (tertiary/aromatic N) is 3. The van der Waals surface area contributed by atoms with Crippen LogP contribution >= 0.6 is 23.1 Å². The lowest BCUT2D eigenvalue weighted by Crippen LogP contribution is -2.21. The van der Waals surface area contributed by atoms with E-state index in [0.717, 1.165) is 16.3 Å². The van der Waals surface area contributed by atoms with Gasteiger partial charge in [0.2, 0.25) is 5.91 Å². The molecule has 2 heterocycles. The third-order valence-corrected chi connectivity index (χ3v) is 5.88. The number of aromatic nitrogens is 1. The van der Waals surface area contributed by atoms with Crippen molar-refractivity contribution < 1.29 is 14.5 Å². The molecule has 0 bridgehead atoms. The van der Waals surface area contributed by atoms with Crippen molar-refractivity contribution >= 4 is 51.3 Å². The molecule has 140 valence electrons. The van der Waals surface area contributed by atoms with Crippen LogP contribution in [0.4, 0.5) is 11.4 Å². The third-order valence-electron chi connectivity index (χ3n) is 3.75. The summed E-state index contributed by atoms with van der Waals surface area (Å²) in [6.07, 6.45) is 0.370. The maximum atomic E-state index is 12.3. The van der Waals surface area contributed by atoms with Gasteiger partial charge in [0, 0.05) is 30.0 Å². The zero-order chi connectivity index (χ0) is 19.6. The van der Waals surface area contributed by atoms with Gasteiger partial charge in [0.25, 0.3) is 11.6 Å². The highest BCUT2D eigenvalue weighted by Crippen LogP contribution is 2.29. The number of hydrogen-bond acceptors (Lipinski definition) is 7. The first-order valence-corrected chi connectivity index (χ1v) is 9.81. The van der Waals surface area contributed by atoms with Gasteiger partial charge >= 0.3 is 0 Å². The van der Waals surface area contributed by atoms with E-state index < -0.39 is 16.1 Å². The molecule has 0 fully saturated rings. The SMILES string of the molecule is Cc1ccc(NC(=O)C[C@H]2SC(Cc3nc(C)cs3)=NC2=O)c([N+](=O)[O-])c1. The number of nitro benzene ring substituents is 1. The molecule has 0 unspecified atom stereocenters. The molecule has 1 N–H and O–H groups in total. The van der Waals surface area contributed by atoms with Gasteiger partial charge < -0.3 is 5.32 Å². The zero-order valence-corrected chi connectivity index (χ0v) is 16.2. The second-order valence-corrected chi connectivity index (χ2v) is 8.26. The molecule has 2 amide bonds. The second-order valence-electron chi connectivity index (χ2n) is 6.04. The summed E-state index contributed by atoms with van der Waals surface area (Å²) in [5, 5.41) is 16.5. The van der Waals surface area contributed by atoms with Gasteiger partial charge in [-0.15, -0.1) is 11.3 Å². The summed E-state index contributed by atoms with van der Waals surface area (Å²) in [7, 11) is 0. The Labute approximate surface area is 163 Å². The number of carbonyl (C=O) groups excluding carboxylic acids is 2. The van der Waals surface area contributed by atoms with Crippen LogP contribution in [0.5, 0.6) is 0 Å². The van der Waals surface area contributed by atoms with Crippen LogP contribution in [0.3, 0.4) is 0 Å². The molecule has 8 nitrogen and oxygen atoms in total. The number of benzene rings is 1. The minimum absolute atomic E-state index is 0.0988. The van der Waals surface area contributed by atoms with Crippen LogP contribution in [0.1, 0.15) is 22.7 Å². The van der Waals surface area contributed by atoms with E-state index >= 15 is 0 Å². The van der Waals surface area contributed by atoms with Crippen molar-refractivity contribution in [2.45, 2.75) is 31.9 Å². The molecule has 27 heavy (non-hydrogen) atoms. The number of nitro groups is 1. The number of aliphatic imine (C=N–C) groups is 1. The van der Waals surface area contributed by atoms with E-state index in [1.165, 1.54) is 35.2 Å². The Morgan fingerprint density at radius 2 is 2.15 bits per heavy atom. The van der Waals surface area contributed by atoms with Gasteiger partial charge in [-0.2, -0.15) is 0 Å². The van der Waals surface area contributed by atoms with E-state index in [4.69, 9.17) is 0 Å². The molecule has 0 spiro atoms. The molecule has 1 aromatic heterocycles. The van der Waals surface area contributed by atoms with Crippen molar-refractivity contribution in [2.24, 2.45) is 4.99 Å². The number of thioether (sulfide) groups is 1. The number of carbonyl (C=O) groups is 2. The van der Waals surface area contributed by atoms with Crippen LogP contribution in [0.2, 0.25) is 0 Å². The quantitative estimate of drug-likeness (QED) is 0.584. The summed E-state index contributed by atoms with van der Waals surface area (Å²) in [6, 6.07) is 4.55. The summed E-state index contributed by atoms with van der Waals surface area (Å²) in [5.74, 6) is -0.828. The Morgan fingerprint density at radius 3 is 2.81 bits per heavy atom. The molecular formula is C17H16N4O4S2. The minimum Gasteiger partial charge on any atom is -0.320 e. The molecule has 3 rings (SSSR count). The van der Waals surface area contributed by atoms with Crippen molar-refractivity contribution in [1.82, 2.24) is 4.98 Å². The minimum atomic E-state index is -0.620. The molecule has 2 aromatic rings. The number of nitrogens with one attached hydrogen (secondary N) is 1. The maximum absolute atomic E-state index is 12.3. The molecule has 10 heteroatoms. The van der Waals surface area contributed by atoms with Crippen LogP contribution in [-0.2, 0) is 16.0 Å². The van der Waals surface area contributed by atoms with Crippen molar-refractivity contribution in [3.63, 3.8) is 0 Å². The van der Waals surface area contributed by atoms with Crippen LogP contribution in [0, 0.1) is 24.0 Å². The number of aryl methyl sites for hydroxylation is 2. The second kappa shape index (κ2) is 7.97. The van der Waals surface area contributed by atoms with E-state index in [2.05, 4.69) is 15.3 Å². The number of thiazole rings is 1. The molecule has 1 aliphatic heterocycles. The third kappa shape index (κ3) is 4.77. The van der Waals surface area contributed by atoms with Crippen LogP contribution in [-0.4, -0.2) is 32.0 Å². The van der Waals surface area contributed by atoms with Gasteiger partial charge in [0.1, 0.15) is 10.9 Å². The lowest BCUT2D eigenvalue weighted by atomic mass is 10.2. The van der Waals surface area contributed by atoms with Gasteiger partial charge in [-0.3, -0.25) is 19.7 Å². The highest BCUT2D eigenvalue weighted by Gasteiger charge is 2.31. The Balaban J connectivity index is 1.61. The molecule has 0 radical (unpaired) electrons. The average molecular weight is 404 g/mol. The molecular weight excluding hydrogens is 388 g/mol. The fourth-order valence-electron chi connectivity index (χ4n) is 2.53. The number of hydrogen-bond donors (Lipinski definition) is 1. The highest BCUT2D eigenvalue weighted by molar-refractivity contribution is 8.15. The fourth-order valence-corrected chi connectivity index (χ4v) is 4.47. The maximum Gasteiger partial charge on any atom is 0.293 e. The highest BCUT2D eigenvalue weighted by atomic mass is 32.2. The first-order chi connectivity index (χ1) is 12.8. The van der Waals surface area contributed by atoms with Crippen molar-refractivity contribution in [3.8, 4) is 0 Å². The normalized spacial score (nSPS) is 16.3. The van der Waals surface area contributed by atoms with Gasteiger partial charge in [-0.1, -0.05) is 17.8 Å². The van der Waals surface area contributed by atoms with Gasteiger partial charge in [0.05, 0.1) is 15.0 Å². The summed E-state index contributed by atoms with van der Waals surface area (Å²) < 4.78 is 0. The molecule has 1 atom stereocenters. The summed E-state index contributed by atoms with van der Waals surface area (Å²) in [5.41, 5.74) is 1.58. The van der Waals surface area contributed by atoms with Crippen molar-refractivity contribution in [3.05, 3.63) is 50.0 Å². The van der Waals surface area contributed by atoms with Gasteiger partial charge in [-0.25, -0.2) is 9.98 Å². The first-order valence-electron chi connectivity index (χ1n) is 8.06. The Kier molecular flexibility index (Phi) is 5.66. The van der Waals surface area contributed by atoms with E-state index in [9.17, 15) is 19.7 Å². The van der Waals surface area contributed by atoms with E-state index in [1.54, 1.807) is 13.0 Å². The summed E-state index contributed by atoms with van der Waals surface area (Å²) in [4.78, 5) is 43.3. The Morgan fingerprint density at radius 1 is 1.37 bits per heavy atom. The zero-order valence-electron chi connectivity index (χ0n) is 14.6. The predicted molar refractivity (Wildman–Crippen MR) is 105 cm³/mol. The standard InChI is InChI=1S/C17H16N4O4S2/c1-9-3-4-11(12(5-9)21(24)25)19-14(22)6-13-17(23)20-16(27-13)7-15-18-10(2)8-26-15/h3-5,8,13H,6-7H2,1-2H3,(H,19,22)/t13-/m1/s1. The molecule has 0 saturated heterocycles. The predicted octanol–water partition coefficient (Wildman–Crippen LogP) is 3.28. The lowest BCUT2D eigenvalue weighted by Gasteiger charge is -2.09. The Hall–Kier alpha value is -2.59. The van der Waals surface area contributed by atoms with E-state index in [1.807, 2.05) is 12.3 Å². The van der Waals surface area contributed by atoms with Crippen LogP contribution in [0.15, 0.2) is 28.6 Å². The number of rotatable bonds is 6. The topological polar surface area (TPSA) is 115 Å². The smallest absolute Gasteiger partial charge is 0.293 e. The summed E-state index contributed by atoms with van der Waals surface area (Å²) >= 11 is 2.75. The monoisotopic (exact) mass is 404 g/mol. The molecule has 0 saturated carbocycles.